The van der Waals surface area contributed by atoms with E-state index >= 15 is 0 Å². The van der Waals surface area contributed by atoms with E-state index in [1.54, 1.807) is 12.1 Å². The van der Waals surface area contributed by atoms with Gasteiger partial charge in [0, 0.05) is 12.7 Å². The Morgan fingerprint density at radius 3 is 2.89 bits per heavy atom. The highest BCUT2D eigenvalue weighted by molar-refractivity contribution is 7.89. The molecule has 8 heteroatoms. The predicted octanol–water partition coefficient (Wildman–Crippen LogP) is -1.56. The molecule has 0 bridgehead atoms. The van der Waals surface area contributed by atoms with Crippen LogP contribution in [0.15, 0.2) is 18.3 Å². The maximum atomic E-state index is 11.8. The average Bonchev–Trinajstić information content (AvgIpc) is 2.35. The molecule has 102 valence electrons. The Kier molecular flexibility index (Phi) is 5.44. The van der Waals surface area contributed by atoms with Crippen LogP contribution in [0, 0.1) is 11.8 Å². The molecule has 1 aromatic rings. The maximum Gasteiger partial charge on any atom is 0.271 e. The fourth-order valence-corrected chi connectivity index (χ4v) is 1.60. The van der Waals surface area contributed by atoms with Crippen LogP contribution in [0.2, 0.25) is 0 Å². The minimum absolute atomic E-state index is 0.0675. The molecular formula is C11H13N3O4S. The quantitative estimate of drug-likeness (QED) is 0.577. The summed E-state index contributed by atoms with van der Waals surface area (Å²) < 4.78 is 21.4. The molecule has 0 aromatic carbocycles. The largest absolute Gasteiger partial charge is 0.384 e. The lowest BCUT2D eigenvalue weighted by Gasteiger charge is -2.05. The van der Waals surface area contributed by atoms with E-state index in [1.165, 1.54) is 6.20 Å². The topological polar surface area (TPSA) is 122 Å². The standard InChI is InChI=1S/C11H13N3O4S/c12-19(17,18)8-6-14-11(16)10-9(4-2-7-15)3-1-5-13-10/h1,3,5,15H,6-8H2,(H,14,16)(H2,12,17,18). The average molecular weight is 283 g/mol. The molecule has 0 aliphatic rings. The van der Waals surface area contributed by atoms with Gasteiger partial charge in [-0.2, -0.15) is 0 Å². The number of pyridine rings is 1. The number of sulfonamides is 1. The Morgan fingerprint density at radius 2 is 2.26 bits per heavy atom. The second kappa shape index (κ2) is 6.84. The molecule has 7 nitrogen and oxygen atoms in total. The number of aliphatic hydroxyl groups is 1. The molecule has 0 unspecified atom stereocenters. The van der Waals surface area contributed by atoms with Gasteiger partial charge in [-0.1, -0.05) is 11.8 Å². The Hall–Kier alpha value is -1.95. The number of hydrogen-bond donors (Lipinski definition) is 3. The number of hydrogen-bond acceptors (Lipinski definition) is 5. The Labute approximate surface area is 110 Å². The predicted molar refractivity (Wildman–Crippen MR) is 68.5 cm³/mol. The molecule has 1 amide bonds. The monoisotopic (exact) mass is 283 g/mol. The summed E-state index contributed by atoms with van der Waals surface area (Å²) in [6, 6.07) is 3.17. The van der Waals surface area contributed by atoms with Crippen molar-refractivity contribution in [3.8, 4) is 11.8 Å². The SMILES string of the molecule is NS(=O)(=O)CCNC(=O)c1ncccc1C#CCO. The van der Waals surface area contributed by atoms with E-state index in [2.05, 4.69) is 22.1 Å². The summed E-state index contributed by atoms with van der Waals surface area (Å²) in [7, 11) is -3.62. The van der Waals surface area contributed by atoms with E-state index in [0.29, 0.717) is 5.56 Å². The first kappa shape index (κ1) is 15.1. The van der Waals surface area contributed by atoms with Crippen molar-refractivity contribution in [1.82, 2.24) is 10.3 Å². The molecule has 1 aromatic heterocycles. The molecule has 1 rings (SSSR count). The van der Waals surface area contributed by atoms with E-state index in [9.17, 15) is 13.2 Å². The molecule has 0 radical (unpaired) electrons. The summed E-state index contributed by atoms with van der Waals surface area (Å²) in [6.45, 7) is -0.442. The van der Waals surface area contributed by atoms with Crippen LogP contribution in [-0.2, 0) is 10.0 Å². The van der Waals surface area contributed by atoms with Crippen LogP contribution in [0.25, 0.3) is 0 Å². The first-order valence-electron chi connectivity index (χ1n) is 5.27. The number of amides is 1. The smallest absolute Gasteiger partial charge is 0.271 e. The molecular weight excluding hydrogens is 270 g/mol. The molecule has 0 saturated heterocycles. The van der Waals surface area contributed by atoms with Crippen LogP contribution < -0.4 is 10.5 Å². The lowest BCUT2D eigenvalue weighted by atomic mass is 10.2. The number of rotatable bonds is 4. The highest BCUT2D eigenvalue weighted by Crippen LogP contribution is 2.03. The normalized spacial score (nSPS) is 10.4. The first-order chi connectivity index (χ1) is 8.94. The molecule has 1 heterocycles. The molecule has 0 spiro atoms. The maximum absolute atomic E-state index is 11.8. The molecule has 19 heavy (non-hydrogen) atoms. The second-order valence-corrected chi connectivity index (χ2v) is 5.22. The van der Waals surface area contributed by atoms with Crippen LogP contribution in [-0.4, -0.2) is 43.3 Å². The fraction of sp³-hybridized carbons (Fsp3) is 0.273. The Bertz CT molecular complexity index is 616. The molecule has 0 saturated carbocycles. The van der Waals surface area contributed by atoms with Gasteiger partial charge >= 0.3 is 0 Å². The zero-order valence-electron chi connectivity index (χ0n) is 9.96. The summed E-state index contributed by atoms with van der Waals surface area (Å²) >= 11 is 0. The third-order valence-corrected chi connectivity index (χ3v) is 2.77. The van der Waals surface area contributed by atoms with Crippen LogP contribution in [0.1, 0.15) is 16.1 Å². The van der Waals surface area contributed by atoms with E-state index in [1.807, 2.05) is 0 Å². The van der Waals surface area contributed by atoms with E-state index in [0.717, 1.165) is 0 Å². The number of nitrogens with one attached hydrogen (secondary N) is 1. The van der Waals surface area contributed by atoms with E-state index < -0.39 is 15.9 Å². The molecule has 0 aliphatic heterocycles. The van der Waals surface area contributed by atoms with E-state index in [4.69, 9.17) is 10.2 Å². The summed E-state index contributed by atoms with van der Waals surface area (Å²) in [5, 5.41) is 15.8. The first-order valence-corrected chi connectivity index (χ1v) is 6.99. The number of carbonyl (C=O) groups is 1. The minimum Gasteiger partial charge on any atom is -0.384 e. The number of primary sulfonamides is 1. The van der Waals surface area contributed by atoms with Crippen LogP contribution >= 0.6 is 0 Å². The van der Waals surface area contributed by atoms with Gasteiger partial charge in [-0.25, -0.2) is 18.5 Å². The van der Waals surface area contributed by atoms with Crippen molar-refractivity contribution < 1.29 is 18.3 Å². The van der Waals surface area contributed by atoms with Crippen molar-refractivity contribution >= 4 is 15.9 Å². The zero-order valence-corrected chi connectivity index (χ0v) is 10.8. The molecule has 0 fully saturated rings. The van der Waals surface area contributed by atoms with E-state index in [-0.39, 0.29) is 24.6 Å². The zero-order chi connectivity index (χ0) is 14.3. The second-order valence-electron chi connectivity index (χ2n) is 3.48. The molecule has 0 aliphatic carbocycles. The highest BCUT2D eigenvalue weighted by Gasteiger charge is 2.12. The Morgan fingerprint density at radius 1 is 1.53 bits per heavy atom. The Balaban J connectivity index is 2.77. The van der Waals surface area contributed by atoms with Crippen molar-refractivity contribution in [2.45, 2.75) is 0 Å². The highest BCUT2D eigenvalue weighted by atomic mass is 32.2. The van der Waals surface area contributed by atoms with Gasteiger partial charge in [0.15, 0.2) is 0 Å². The summed E-state index contributed by atoms with van der Waals surface area (Å²) in [6.07, 6.45) is 1.42. The summed E-state index contributed by atoms with van der Waals surface area (Å²) in [5.41, 5.74) is 0.419. The minimum atomic E-state index is -3.62. The third kappa shape index (κ3) is 5.48. The number of nitrogens with two attached hydrogens (primary N) is 1. The van der Waals surface area contributed by atoms with Crippen LogP contribution in [0.4, 0.5) is 0 Å². The van der Waals surface area contributed by atoms with Crippen molar-refractivity contribution in [2.24, 2.45) is 5.14 Å². The lowest BCUT2D eigenvalue weighted by molar-refractivity contribution is 0.0951. The van der Waals surface area contributed by atoms with Gasteiger partial charge < -0.3 is 10.4 Å². The van der Waals surface area contributed by atoms with Crippen LogP contribution in [0.3, 0.4) is 0 Å². The van der Waals surface area contributed by atoms with Gasteiger partial charge in [0.1, 0.15) is 12.3 Å². The van der Waals surface area contributed by atoms with Crippen molar-refractivity contribution in [2.75, 3.05) is 18.9 Å². The number of aliphatic hydroxyl groups excluding tert-OH is 1. The fourth-order valence-electron chi connectivity index (χ4n) is 1.21. The van der Waals surface area contributed by atoms with Gasteiger partial charge in [0.05, 0.1) is 11.3 Å². The molecule has 0 atom stereocenters. The van der Waals surface area contributed by atoms with Gasteiger partial charge in [-0.3, -0.25) is 4.79 Å². The van der Waals surface area contributed by atoms with Crippen molar-refractivity contribution in [3.05, 3.63) is 29.6 Å². The van der Waals surface area contributed by atoms with Crippen LogP contribution in [0.5, 0.6) is 0 Å². The number of carbonyl (C=O) groups excluding carboxylic acids is 1. The lowest BCUT2D eigenvalue weighted by Crippen LogP contribution is -2.32. The van der Waals surface area contributed by atoms with Gasteiger partial charge in [0.2, 0.25) is 10.0 Å². The summed E-state index contributed by atoms with van der Waals surface area (Å²) in [4.78, 5) is 15.6. The van der Waals surface area contributed by atoms with Gasteiger partial charge in [-0.15, -0.1) is 0 Å². The third-order valence-electron chi connectivity index (χ3n) is 2.00. The summed E-state index contributed by atoms with van der Waals surface area (Å²) in [5.74, 6) is 4.09. The van der Waals surface area contributed by atoms with Crippen molar-refractivity contribution in [3.63, 3.8) is 0 Å². The number of aromatic nitrogens is 1. The van der Waals surface area contributed by atoms with Crippen molar-refractivity contribution in [1.29, 1.82) is 0 Å². The van der Waals surface area contributed by atoms with Gasteiger partial charge in [0.25, 0.3) is 5.91 Å². The van der Waals surface area contributed by atoms with Gasteiger partial charge in [-0.05, 0) is 12.1 Å². The number of nitrogens with zero attached hydrogens (tertiary/aromatic N) is 1. The molecule has 4 N–H and O–H groups in total.